The predicted octanol–water partition coefficient (Wildman–Crippen LogP) is 1.77. The third-order valence-electron chi connectivity index (χ3n) is 1.47. The average molecular weight is 201 g/mol. The van der Waals surface area contributed by atoms with Gasteiger partial charge in [-0.05, 0) is 4.73 Å². The van der Waals surface area contributed by atoms with Gasteiger partial charge in [0.05, 0.1) is 11.2 Å². The minimum absolute atomic E-state index is 0.498. The van der Waals surface area contributed by atoms with Crippen molar-refractivity contribution in [3.63, 3.8) is 0 Å². The van der Waals surface area contributed by atoms with Crippen molar-refractivity contribution in [2.75, 3.05) is 0 Å². The Labute approximate surface area is 80.7 Å². The number of aromatic amines is 1. The quantitative estimate of drug-likeness (QED) is 0.503. The van der Waals surface area contributed by atoms with Crippen molar-refractivity contribution in [2.24, 2.45) is 0 Å². The molecule has 0 aliphatic heterocycles. The number of aromatic nitrogens is 3. The van der Waals surface area contributed by atoms with Crippen molar-refractivity contribution >= 4 is 22.6 Å². The van der Waals surface area contributed by atoms with Gasteiger partial charge in [-0.3, -0.25) is 0 Å². The van der Waals surface area contributed by atoms with E-state index in [1.807, 2.05) is 13.8 Å². The van der Waals surface area contributed by atoms with E-state index in [0.717, 1.165) is 4.73 Å². The molecule has 0 unspecified atom stereocenters. The number of fused-ring (bicyclic) bond motifs is 1. The van der Waals surface area contributed by atoms with E-state index < -0.39 is 0 Å². The third-order valence-corrected chi connectivity index (χ3v) is 1.80. The molecule has 5 heteroatoms. The Hall–Kier alpha value is -1.29. The lowest BCUT2D eigenvalue weighted by Gasteiger charge is -1.89. The van der Waals surface area contributed by atoms with Crippen LogP contribution in [0.25, 0.3) is 11.0 Å². The minimum Gasteiger partial charge on any atom is -0.350 e. The molecule has 13 heavy (non-hydrogen) atoms. The van der Waals surface area contributed by atoms with Gasteiger partial charge in [-0.15, -0.1) is 5.10 Å². The van der Waals surface area contributed by atoms with Gasteiger partial charge in [-0.25, -0.2) is 0 Å². The number of hydrogen-bond acceptors (Lipinski definition) is 2. The van der Waals surface area contributed by atoms with Crippen LogP contribution in [0.3, 0.4) is 0 Å². The molecule has 2 N–H and O–H groups in total. The van der Waals surface area contributed by atoms with E-state index in [0.29, 0.717) is 16.1 Å². The molecule has 0 aliphatic carbocycles. The molecule has 70 valence electrons. The number of hydrogen-bond donors (Lipinski definition) is 2. The molecular weight excluding hydrogens is 190 g/mol. The Kier molecular flexibility index (Phi) is 3.08. The number of rotatable bonds is 0. The summed E-state index contributed by atoms with van der Waals surface area (Å²) in [4.78, 5) is 0. The highest BCUT2D eigenvalue weighted by Crippen LogP contribution is 2.16. The predicted molar refractivity (Wildman–Crippen MR) is 49.8 cm³/mol. The average Bonchev–Trinajstić information content (AvgIpc) is 2.64. The normalized spacial score (nSPS) is 9.46. The van der Waals surface area contributed by atoms with Crippen molar-refractivity contribution in [1.29, 1.82) is 0 Å². The van der Waals surface area contributed by atoms with Crippen molar-refractivity contribution < 1.29 is 9.94 Å². The second-order valence-electron chi connectivity index (χ2n) is 2.14. The van der Waals surface area contributed by atoms with Crippen LogP contribution in [0.2, 0.25) is 5.02 Å². The highest BCUT2D eigenvalue weighted by atomic mass is 35.5. The maximum absolute atomic E-state index is 9.17. The van der Waals surface area contributed by atoms with Crippen LogP contribution in [0, 0.1) is 0 Å². The van der Waals surface area contributed by atoms with Crippen LogP contribution in [-0.4, -0.2) is 15.4 Å². The minimum atomic E-state index is 0.498. The highest BCUT2D eigenvalue weighted by molar-refractivity contribution is 6.34. The molecule has 0 amide bonds. The zero-order valence-electron chi connectivity index (χ0n) is 7.45. The summed E-state index contributed by atoms with van der Waals surface area (Å²) in [6.45, 7) is 4.00. The molecule has 0 saturated carbocycles. The first-order valence-electron chi connectivity index (χ1n) is 4.01. The number of nitrogens with zero attached hydrogens (tertiary/aromatic N) is 2. The highest BCUT2D eigenvalue weighted by Gasteiger charge is 2.10. The van der Waals surface area contributed by atoms with Crippen LogP contribution in [0.15, 0.2) is 18.5 Å². The fourth-order valence-corrected chi connectivity index (χ4v) is 1.12. The fourth-order valence-electron chi connectivity index (χ4n) is 0.929. The van der Waals surface area contributed by atoms with Gasteiger partial charge in [0.2, 0.25) is 0 Å². The van der Waals surface area contributed by atoms with Gasteiger partial charge < -0.3 is 5.21 Å². The molecule has 0 spiro atoms. The van der Waals surface area contributed by atoms with E-state index in [-0.39, 0.29) is 0 Å². The summed E-state index contributed by atoms with van der Waals surface area (Å²) in [5, 5.41) is 16.8. The molecule has 2 aromatic heterocycles. The first kappa shape index (κ1) is 9.80. The lowest BCUT2D eigenvalue weighted by atomic mass is 10.4. The van der Waals surface area contributed by atoms with Crippen molar-refractivity contribution in [1.82, 2.24) is 10.2 Å². The topological polar surface area (TPSA) is 52.8 Å². The first-order chi connectivity index (χ1) is 6.29. The van der Waals surface area contributed by atoms with Gasteiger partial charge in [-0.1, -0.05) is 30.5 Å². The molecule has 2 heterocycles. The largest absolute Gasteiger partial charge is 0.350 e. The zero-order valence-corrected chi connectivity index (χ0v) is 8.21. The van der Waals surface area contributed by atoms with Crippen LogP contribution in [0.4, 0.5) is 0 Å². The van der Waals surface area contributed by atoms with Gasteiger partial charge in [0.1, 0.15) is 11.6 Å². The monoisotopic (exact) mass is 200 g/mol. The summed E-state index contributed by atoms with van der Waals surface area (Å²) >= 11 is 5.79. The molecule has 2 rings (SSSR count). The van der Waals surface area contributed by atoms with E-state index in [1.165, 1.54) is 6.20 Å². The Bertz CT molecular complexity index is 363. The Morgan fingerprint density at radius 2 is 2.23 bits per heavy atom. The number of nitrogens with one attached hydrogen (secondary N) is 1. The lowest BCUT2D eigenvalue weighted by molar-refractivity contribution is -0.886. The van der Waals surface area contributed by atoms with E-state index in [1.54, 1.807) is 12.3 Å². The second kappa shape index (κ2) is 4.09. The fraction of sp³-hybridized carbons (Fsp3) is 0.250. The van der Waals surface area contributed by atoms with Gasteiger partial charge in [0, 0.05) is 6.07 Å². The maximum Gasteiger partial charge on any atom is 0.349 e. The summed E-state index contributed by atoms with van der Waals surface area (Å²) < 4.78 is 0.939. The van der Waals surface area contributed by atoms with Crippen LogP contribution in [-0.2, 0) is 0 Å². The summed E-state index contributed by atoms with van der Waals surface area (Å²) in [7, 11) is 0. The summed E-state index contributed by atoms with van der Waals surface area (Å²) in [6.07, 6.45) is 3.01. The van der Waals surface area contributed by atoms with Crippen LogP contribution in [0.5, 0.6) is 0 Å². The standard InChI is InChI=1S/C6H4ClN3O.C2H6/c7-5-1-2-10(11)6-4(5)3-8-9-6;1-2/h1-3,11H;1-2H3/p+1. The SMILES string of the molecule is CC.O[n+]1ccc(Cl)c2cn[nH]c21. The smallest absolute Gasteiger partial charge is 0.349 e. The van der Waals surface area contributed by atoms with Crippen molar-refractivity contribution in [3.8, 4) is 0 Å². The van der Waals surface area contributed by atoms with Crippen LogP contribution < -0.4 is 4.73 Å². The first-order valence-corrected chi connectivity index (χ1v) is 4.39. The summed E-state index contributed by atoms with van der Waals surface area (Å²) in [5.41, 5.74) is 0.498. The molecule has 0 saturated heterocycles. The Morgan fingerprint density at radius 3 is 2.85 bits per heavy atom. The van der Waals surface area contributed by atoms with Gasteiger partial charge in [-0.2, -0.15) is 0 Å². The van der Waals surface area contributed by atoms with Gasteiger partial charge in [0.25, 0.3) is 0 Å². The zero-order chi connectivity index (χ0) is 9.84. The van der Waals surface area contributed by atoms with Crippen molar-refractivity contribution in [2.45, 2.75) is 13.8 Å². The van der Waals surface area contributed by atoms with Gasteiger partial charge >= 0.3 is 5.65 Å². The molecule has 0 aliphatic rings. The number of pyridine rings is 1. The molecule has 0 atom stereocenters. The molecule has 0 aromatic carbocycles. The molecule has 2 aromatic rings. The van der Waals surface area contributed by atoms with Crippen LogP contribution in [0.1, 0.15) is 13.8 Å². The molecule has 0 bridgehead atoms. The van der Waals surface area contributed by atoms with Crippen LogP contribution >= 0.6 is 11.6 Å². The maximum atomic E-state index is 9.17. The van der Waals surface area contributed by atoms with Crippen molar-refractivity contribution in [3.05, 3.63) is 23.5 Å². The third kappa shape index (κ3) is 1.72. The van der Waals surface area contributed by atoms with E-state index >= 15 is 0 Å². The number of H-pyrrole nitrogens is 1. The second-order valence-corrected chi connectivity index (χ2v) is 2.55. The molecule has 0 radical (unpaired) electrons. The Balaban J connectivity index is 0.000000396. The van der Waals surface area contributed by atoms with E-state index in [9.17, 15) is 5.21 Å². The molecule has 0 fully saturated rings. The summed E-state index contributed by atoms with van der Waals surface area (Å²) in [5.74, 6) is 0. The van der Waals surface area contributed by atoms with Gasteiger partial charge in [0.15, 0.2) is 0 Å². The molecule has 4 nitrogen and oxygen atoms in total. The lowest BCUT2D eigenvalue weighted by Crippen LogP contribution is -2.30. The van der Waals surface area contributed by atoms with E-state index in [4.69, 9.17) is 11.6 Å². The summed E-state index contributed by atoms with van der Waals surface area (Å²) in [6, 6.07) is 1.60. The van der Waals surface area contributed by atoms with E-state index in [2.05, 4.69) is 10.2 Å². The number of halogens is 1. The molecular formula is C8H11ClN3O+. The Morgan fingerprint density at radius 1 is 1.54 bits per heavy atom.